The molecule has 0 aliphatic heterocycles. The Balaban J connectivity index is 1.85. The van der Waals surface area contributed by atoms with E-state index in [0.29, 0.717) is 17.8 Å². The molecule has 4 rings (SSSR count). The lowest BCUT2D eigenvalue weighted by Crippen LogP contribution is -1.97. The fraction of sp³-hybridized carbons (Fsp3) is 0.105. The summed E-state index contributed by atoms with van der Waals surface area (Å²) in [4.78, 5) is 9.10. The highest BCUT2D eigenvalue weighted by atomic mass is 19.1. The van der Waals surface area contributed by atoms with E-state index in [-0.39, 0.29) is 5.75 Å². The lowest BCUT2D eigenvalue weighted by Gasteiger charge is -2.06. The summed E-state index contributed by atoms with van der Waals surface area (Å²) in [6, 6.07) is 8.63. The van der Waals surface area contributed by atoms with Gasteiger partial charge in [-0.2, -0.15) is 5.10 Å². The molecule has 0 aliphatic carbocycles. The fourth-order valence-electron chi connectivity index (χ4n) is 2.82. The zero-order chi connectivity index (χ0) is 17.4. The molecule has 4 aromatic rings. The Labute approximate surface area is 143 Å². The van der Waals surface area contributed by atoms with Crippen molar-refractivity contribution in [1.29, 1.82) is 0 Å². The lowest BCUT2D eigenvalue weighted by molar-refractivity contribution is 0.386. The van der Waals surface area contributed by atoms with Crippen molar-refractivity contribution in [2.75, 3.05) is 7.11 Å². The van der Waals surface area contributed by atoms with Crippen LogP contribution in [0.5, 0.6) is 5.75 Å². The summed E-state index contributed by atoms with van der Waals surface area (Å²) in [7, 11) is 1.44. The molecule has 25 heavy (non-hydrogen) atoms. The maximum Gasteiger partial charge on any atom is 0.165 e. The van der Waals surface area contributed by atoms with E-state index in [1.54, 1.807) is 30.6 Å². The molecule has 5 nitrogen and oxygen atoms in total. The Kier molecular flexibility index (Phi) is 3.65. The van der Waals surface area contributed by atoms with Crippen LogP contribution in [0.3, 0.4) is 0 Å². The third kappa shape index (κ3) is 2.61. The Bertz CT molecular complexity index is 1100. The summed E-state index contributed by atoms with van der Waals surface area (Å²) in [6.45, 7) is 4.36. The van der Waals surface area contributed by atoms with Gasteiger partial charge in [-0.3, -0.25) is 9.67 Å². The van der Waals surface area contributed by atoms with Crippen LogP contribution >= 0.6 is 0 Å². The first-order chi connectivity index (χ1) is 12.2. The molecule has 0 saturated heterocycles. The van der Waals surface area contributed by atoms with Crippen molar-refractivity contribution in [3.8, 4) is 17.0 Å². The molecule has 0 atom stereocenters. The normalized spacial score (nSPS) is 11.1. The molecule has 2 aromatic heterocycles. The predicted octanol–water partition coefficient (Wildman–Crippen LogP) is 3.98. The van der Waals surface area contributed by atoms with Crippen molar-refractivity contribution in [2.24, 2.45) is 0 Å². The first kappa shape index (κ1) is 15.3. The molecule has 0 N–H and O–H groups in total. The van der Waals surface area contributed by atoms with Gasteiger partial charge in [-0.25, -0.2) is 9.37 Å². The monoisotopic (exact) mass is 334 g/mol. The number of benzene rings is 2. The van der Waals surface area contributed by atoms with Crippen LogP contribution in [0.2, 0.25) is 0 Å². The number of allylic oxidation sites excluding steroid dienone is 1. The predicted molar refractivity (Wildman–Crippen MR) is 95.0 cm³/mol. The largest absolute Gasteiger partial charge is 0.494 e. The van der Waals surface area contributed by atoms with Gasteiger partial charge < -0.3 is 4.74 Å². The van der Waals surface area contributed by atoms with Gasteiger partial charge in [-0.1, -0.05) is 6.08 Å². The van der Waals surface area contributed by atoms with E-state index in [9.17, 15) is 4.39 Å². The Morgan fingerprint density at radius 2 is 2.08 bits per heavy atom. The summed E-state index contributed by atoms with van der Waals surface area (Å²) in [5, 5.41) is 5.34. The van der Waals surface area contributed by atoms with Crippen molar-refractivity contribution >= 4 is 21.9 Å². The molecule has 0 bridgehead atoms. The number of ether oxygens (including phenoxy) is 1. The van der Waals surface area contributed by atoms with Gasteiger partial charge in [0, 0.05) is 10.9 Å². The van der Waals surface area contributed by atoms with E-state index in [0.717, 1.165) is 21.9 Å². The van der Waals surface area contributed by atoms with Gasteiger partial charge in [0.1, 0.15) is 0 Å². The second kappa shape index (κ2) is 5.98. The summed E-state index contributed by atoms with van der Waals surface area (Å²) in [5.41, 5.74) is 3.70. The van der Waals surface area contributed by atoms with Gasteiger partial charge in [-0.05, 0) is 30.3 Å². The van der Waals surface area contributed by atoms with Crippen molar-refractivity contribution in [2.45, 2.75) is 6.54 Å². The third-order valence-electron chi connectivity index (χ3n) is 4.05. The number of nitrogens with zero attached hydrogens (tertiary/aromatic N) is 4. The molecule has 0 radical (unpaired) electrons. The molecule has 2 heterocycles. The highest BCUT2D eigenvalue weighted by Crippen LogP contribution is 2.26. The Morgan fingerprint density at radius 1 is 1.20 bits per heavy atom. The zero-order valence-electron chi connectivity index (χ0n) is 13.6. The van der Waals surface area contributed by atoms with Crippen LogP contribution in [0.4, 0.5) is 4.39 Å². The average molecular weight is 334 g/mol. The molecular formula is C19H15FN4O. The standard InChI is InChI=1S/C19H15FN4O/c1-3-6-24-18-9-16-15(8-13(18)10-22-24)21-11-17(23-16)12-4-5-19(25-2)14(20)7-12/h3-5,7-11H,1,6H2,2H3. The van der Waals surface area contributed by atoms with Gasteiger partial charge in [0.15, 0.2) is 11.6 Å². The molecule has 0 unspecified atom stereocenters. The number of methoxy groups -OCH3 is 1. The number of halogens is 1. The fourth-order valence-corrected chi connectivity index (χ4v) is 2.82. The van der Waals surface area contributed by atoms with Crippen LogP contribution in [0.15, 0.2) is 55.4 Å². The minimum Gasteiger partial charge on any atom is -0.494 e. The van der Waals surface area contributed by atoms with Crippen LogP contribution in [0, 0.1) is 5.82 Å². The summed E-state index contributed by atoms with van der Waals surface area (Å²) >= 11 is 0. The topological polar surface area (TPSA) is 52.8 Å². The third-order valence-corrected chi connectivity index (χ3v) is 4.05. The van der Waals surface area contributed by atoms with Crippen LogP contribution in [-0.2, 0) is 6.54 Å². The minimum atomic E-state index is -0.429. The van der Waals surface area contributed by atoms with Crippen molar-refractivity contribution < 1.29 is 9.13 Å². The van der Waals surface area contributed by atoms with Gasteiger partial charge in [0.05, 0.1) is 48.3 Å². The van der Waals surface area contributed by atoms with E-state index >= 15 is 0 Å². The first-order valence-electron chi connectivity index (χ1n) is 7.76. The van der Waals surface area contributed by atoms with E-state index < -0.39 is 5.82 Å². The summed E-state index contributed by atoms with van der Waals surface area (Å²) in [5.74, 6) is -0.228. The van der Waals surface area contributed by atoms with E-state index in [1.165, 1.54) is 13.2 Å². The second-order valence-corrected chi connectivity index (χ2v) is 5.62. The minimum absolute atomic E-state index is 0.201. The molecular weight excluding hydrogens is 319 g/mol. The average Bonchev–Trinajstić information content (AvgIpc) is 3.01. The van der Waals surface area contributed by atoms with Crippen LogP contribution < -0.4 is 4.74 Å². The Hall–Kier alpha value is -3.28. The molecule has 0 saturated carbocycles. The molecule has 0 aliphatic rings. The lowest BCUT2D eigenvalue weighted by atomic mass is 10.1. The van der Waals surface area contributed by atoms with Crippen molar-refractivity contribution in [1.82, 2.24) is 19.7 Å². The Morgan fingerprint density at radius 3 is 2.84 bits per heavy atom. The number of aromatic nitrogens is 4. The van der Waals surface area contributed by atoms with E-state index in [4.69, 9.17) is 4.74 Å². The van der Waals surface area contributed by atoms with Crippen LogP contribution in [0.25, 0.3) is 33.2 Å². The number of hydrogen-bond acceptors (Lipinski definition) is 4. The van der Waals surface area contributed by atoms with Crippen molar-refractivity contribution in [3.63, 3.8) is 0 Å². The molecule has 0 amide bonds. The molecule has 0 fully saturated rings. The van der Waals surface area contributed by atoms with Crippen LogP contribution in [-0.4, -0.2) is 26.9 Å². The quantitative estimate of drug-likeness (QED) is 0.530. The maximum absolute atomic E-state index is 14.0. The number of rotatable bonds is 4. The molecule has 124 valence electrons. The van der Waals surface area contributed by atoms with E-state index in [1.807, 2.05) is 16.8 Å². The van der Waals surface area contributed by atoms with E-state index in [2.05, 4.69) is 21.6 Å². The van der Waals surface area contributed by atoms with Crippen LogP contribution in [0.1, 0.15) is 0 Å². The number of hydrogen-bond donors (Lipinski definition) is 0. The van der Waals surface area contributed by atoms with Gasteiger partial charge >= 0.3 is 0 Å². The van der Waals surface area contributed by atoms with Gasteiger partial charge in [0.25, 0.3) is 0 Å². The summed E-state index contributed by atoms with van der Waals surface area (Å²) in [6.07, 6.45) is 5.23. The number of fused-ring (bicyclic) bond motifs is 2. The first-order valence-corrected chi connectivity index (χ1v) is 7.76. The highest BCUT2D eigenvalue weighted by Gasteiger charge is 2.10. The molecule has 6 heteroatoms. The van der Waals surface area contributed by atoms with Gasteiger partial charge in [-0.15, -0.1) is 6.58 Å². The van der Waals surface area contributed by atoms with Gasteiger partial charge in [0.2, 0.25) is 0 Å². The second-order valence-electron chi connectivity index (χ2n) is 5.62. The molecule has 2 aromatic carbocycles. The van der Waals surface area contributed by atoms with Crippen molar-refractivity contribution in [3.05, 3.63) is 61.2 Å². The SMILES string of the molecule is C=CCn1ncc2cc3ncc(-c4ccc(OC)c(F)c4)nc3cc21. The molecule has 0 spiro atoms. The summed E-state index contributed by atoms with van der Waals surface area (Å²) < 4.78 is 20.8. The zero-order valence-corrected chi connectivity index (χ0v) is 13.6. The highest BCUT2D eigenvalue weighted by molar-refractivity contribution is 5.93. The maximum atomic E-state index is 14.0. The smallest absolute Gasteiger partial charge is 0.165 e.